The van der Waals surface area contributed by atoms with Crippen LogP contribution in [0.2, 0.25) is 0 Å². The number of methoxy groups -OCH3 is 1. The van der Waals surface area contributed by atoms with Crippen molar-refractivity contribution in [2.45, 2.75) is 13.5 Å². The summed E-state index contributed by atoms with van der Waals surface area (Å²) in [6.45, 7) is 3.31. The summed E-state index contributed by atoms with van der Waals surface area (Å²) in [5.41, 5.74) is 10.2. The summed E-state index contributed by atoms with van der Waals surface area (Å²) in [5, 5.41) is 3.22. The minimum Gasteiger partial charge on any atom is -0.496 e. The molecule has 0 atom stereocenters. The highest BCUT2D eigenvalue weighted by molar-refractivity contribution is 5.87. The molecule has 0 unspecified atom stereocenters. The van der Waals surface area contributed by atoms with E-state index in [1.165, 1.54) is 5.56 Å². The second-order valence-corrected chi connectivity index (χ2v) is 6.07. The Kier molecular flexibility index (Phi) is 5.59. The zero-order valence-corrected chi connectivity index (χ0v) is 15.1. The van der Waals surface area contributed by atoms with E-state index in [9.17, 15) is 0 Å². The Morgan fingerprint density at radius 1 is 1.27 bits per heavy atom. The molecule has 2 aromatic rings. The first kappa shape index (κ1) is 17.6. The molecule has 5 nitrogen and oxygen atoms in total. The lowest BCUT2D eigenvalue weighted by molar-refractivity contribution is 0.411. The number of nitrogens with one attached hydrogen (secondary N) is 1. The van der Waals surface area contributed by atoms with Crippen molar-refractivity contribution in [3.8, 4) is 5.75 Å². The van der Waals surface area contributed by atoms with Crippen LogP contribution in [0, 0.1) is 6.92 Å². The Labute approximate surface area is 154 Å². The van der Waals surface area contributed by atoms with Crippen molar-refractivity contribution in [3.05, 3.63) is 83.8 Å². The van der Waals surface area contributed by atoms with Crippen molar-refractivity contribution < 1.29 is 4.74 Å². The van der Waals surface area contributed by atoms with Crippen LogP contribution in [0.4, 0.5) is 0 Å². The summed E-state index contributed by atoms with van der Waals surface area (Å²) in [4.78, 5) is 6.77. The van der Waals surface area contributed by atoms with E-state index < -0.39 is 0 Å². The van der Waals surface area contributed by atoms with Crippen molar-refractivity contribution in [1.82, 2.24) is 10.2 Å². The molecule has 1 heterocycles. The smallest absolute Gasteiger partial charge is 0.121 e. The van der Waals surface area contributed by atoms with Crippen LogP contribution in [-0.4, -0.2) is 24.4 Å². The maximum Gasteiger partial charge on any atom is 0.121 e. The van der Waals surface area contributed by atoms with Crippen LogP contribution in [0.5, 0.6) is 5.75 Å². The number of aliphatic imine (C=N–C) groups is 1. The third-order valence-electron chi connectivity index (χ3n) is 4.28. The van der Waals surface area contributed by atoms with Gasteiger partial charge in [0.15, 0.2) is 0 Å². The van der Waals surface area contributed by atoms with Crippen molar-refractivity contribution in [2.24, 2.45) is 10.7 Å². The second kappa shape index (κ2) is 8.25. The Hall–Kier alpha value is -3.21. The molecule has 0 radical (unpaired) electrons. The summed E-state index contributed by atoms with van der Waals surface area (Å²) in [7, 11) is 1.68. The van der Waals surface area contributed by atoms with Crippen molar-refractivity contribution >= 4 is 11.5 Å². The number of nitrogens with two attached hydrogens (primary N) is 1. The van der Waals surface area contributed by atoms with Crippen LogP contribution < -0.4 is 15.8 Å². The Bertz CT molecular complexity index is 840. The number of aryl methyl sites for hydroxylation is 1. The first-order chi connectivity index (χ1) is 12.7. The van der Waals surface area contributed by atoms with Crippen molar-refractivity contribution in [1.29, 1.82) is 0 Å². The lowest BCUT2D eigenvalue weighted by atomic mass is 10.1. The fourth-order valence-corrected chi connectivity index (χ4v) is 2.91. The third kappa shape index (κ3) is 4.06. The number of hydrogen-bond acceptors (Lipinski definition) is 4. The van der Waals surface area contributed by atoms with Gasteiger partial charge < -0.3 is 20.7 Å². The number of rotatable bonds is 5. The van der Waals surface area contributed by atoms with Crippen molar-refractivity contribution in [3.63, 3.8) is 0 Å². The summed E-state index contributed by atoms with van der Waals surface area (Å²) < 4.78 is 5.34. The molecule has 0 spiro atoms. The molecular formula is C21H24N4O. The van der Waals surface area contributed by atoms with Gasteiger partial charge in [0, 0.05) is 24.2 Å². The molecule has 3 N–H and O–H groups in total. The zero-order valence-electron chi connectivity index (χ0n) is 15.1. The first-order valence-electron chi connectivity index (χ1n) is 8.55. The summed E-state index contributed by atoms with van der Waals surface area (Å²) in [5.74, 6) is 1.77. The topological polar surface area (TPSA) is 62.9 Å². The first-order valence-corrected chi connectivity index (χ1v) is 8.55. The van der Waals surface area contributed by atoms with Gasteiger partial charge in [-0.15, -0.1) is 0 Å². The van der Waals surface area contributed by atoms with Gasteiger partial charge in [0.05, 0.1) is 25.9 Å². The number of benzene rings is 2. The molecule has 2 aromatic carbocycles. The van der Waals surface area contributed by atoms with Gasteiger partial charge in [0.2, 0.25) is 0 Å². The molecule has 0 saturated carbocycles. The van der Waals surface area contributed by atoms with Gasteiger partial charge >= 0.3 is 0 Å². The number of ether oxygens (including phenoxy) is 1. The molecule has 1 aliphatic rings. The van der Waals surface area contributed by atoms with E-state index in [4.69, 9.17) is 10.5 Å². The van der Waals surface area contributed by atoms with Gasteiger partial charge in [-0.1, -0.05) is 30.3 Å². The van der Waals surface area contributed by atoms with Crippen LogP contribution >= 0.6 is 0 Å². The lowest BCUT2D eigenvalue weighted by Crippen LogP contribution is -2.36. The van der Waals surface area contributed by atoms with E-state index in [1.807, 2.05) is 49.7 Å². The van der Waals surface area contributed by atoms with E-state index in [0.29, 0.717) is 13.1 Å². The minimum atomic E-state index is 0.636. The highest BCUT2D eigenvalue weighted by Crippen LogP contribution is 2.25. The monoisotopic (exact) mass is 348 g/mol. The fourth-order valence-electron chi connectivity index (χ4n) is 2.91. The number of nitrogens with zero attached hydrogens (tertiary/aromatic N) is 2. The summed E-state index contributed by atoms with van der Waals surface area (Å²) >= 11 is 0. The van der Waals surface area contributed by atoms with Gasteiger partial charge in [0.1, 0.15) is 11.6 Å². The second-order valence-electron chi connectivity index (χ2n) is 6.07. The highest BCUT2D eigenvalue weighted by Gasteiger charge is 2.15. The average molecular weight is 348 g/mol. The number of hydrogen-bond donors (Lipinski definition) is 2. The van der Waals surface area contributed by atoms with Crippen LogP contribution in [0.15, 0.2) is 72.1 Å². The van der Waals surface area contributed by atoms with Gasteiger partial charge in [0.25, 0.3) is 0 Å². The molecule has 0 amide bonds. The minimum absolute atomic E-state index is 0.636. The molecule has 5 heteroatoms. The summed E-state index contributed by atoms with van der Waals surface area (Å²) in [6.07, 6.45) is 5.48. The number of amidine groups is 1. The van der Waals surface area contributed by atoms with Gasteiger partial charge in [-0.3, -0.25) is 4.99 Å². The van der Waals surface area contributed by atoms with E-state index >= 15 is 0 Å². The Morgan fingerprint density at radius 3 is 2.77 bits per heavy atom. The molecule has 0 saturated heterocycles. The normalized spacial score (nSPS) is 15.8. The quantitative estimate of drug-likeness (QED) is 0.871. The largest absolute Gasteiger partial charge is 0.496 e. The predicted molar refractivity (Wildman–Crippen MR) is 106 cm³/mol. The van der Waals surface area contributed by atoms with Gasteiger partial charge in [-0.05, 0) is 36.2 Å². The molecule has 134 valence electrons. The average Bonchev–Trinajstić information content (AvgIpc) is 2.68. The molecule has 0 bridgehead atoms. The van der Waals surface area contributed by atoms with Crippen LogP contribution in [0.3, 0.4) is 0 Å². The predicted octanol–water partition coefficient (Wildman–Crippen LogP) is 3.24. The van der Waals surface area contributed by atoms with Crippen LogP contribution in [0.25, 0.3) is 5.70 Å². The molecule has 0 aromatic heterocycles. The van der Waals surface area contributed by atoms with Gasteiger partial charge in [-0.2, -0.15) is 0 Å². The van der Waals surface area contributed by atoms with E-state index in [-0.39, 0.29) is 0 Å². The molecule has 1 aliphatic heterocycles. The van der Waals surface area contributed by atoms with Crippen molar-refractivity contribution in [2.75, 3.05) is 13.7 Å². The van der Waals surface area contributed by atoms with E-state index in [1.54, 1.807) is 13.3 Å². The Morgan fingerprint density at radius 2 is 2.08 bits per heavy atom. The maximum atomic E-state index is 5.94. The van der Waals surface area contributed by atoms with E-state index in [2.05, 4.69) is 33.4 Å². The standard InChI is InChI=1S/C21H24N4O/c1-16-12-18(8-9-20(16)26-2)19(13-22)25-11-10-23-21(15-25)24-14-17-6-4-3-5-7-17/h3-13H,14-15,22H2,1-2H3,(H,23,24)/b19-13-. The highest BCUT2D eigenvalue weighted by atomic mass is 16.5. The maximum absolute atomic E-state index is 5.94. The third-order valence-corrected chi connectivity index (χ3v) is 4.28. The molecule has 26 heavy (non-hydrogen) atoms. The van der Waals surface area contributed by atoms with Gasteiger partial charge in [-0.25, -0.2) is 0 Å². The molecular weight excluding hydrogens is 324 g/mol. The SMILES string of the molecule is COc1ccc(/C(=C/N)N2C=CNC(=NCc3ccccc3)C2)cc1C. The lowest BCUT2D eigenvalue weighted by Gasteiger charge is -2.28. The fraction of sp³-hybridized carbons (Fsp3) is 0.190. The molecule has 0 aliphatic carbocycles. The Balaban J connectivity index is 1.76. The molecule has 0 fully saturated rings. The van der Waals surface area contributed by atoms with Crippen LogP contribution in [-0.2, 0) is 6.54 Å². The molecule has 3 rings (SSSR count). The van der Waals surface area contributed by atoms with Crippen LogP contribution in [0.1, 0.15) is 16.7 Å². The zero-order chi connectivity index (χ0) is 18.4. The van der Waals surface area contributed by atoms with E-state index in [0.717, 1.165) is 28.4 Å². The summed E-state index contributed by atoms with van der Waals surface area (Å²) in [6, 6.07) is 16.3.